The summed E-state index contributed by atoms with van der Waals surface area (Å²) >= 11 is 6.03. The van der Waals surface area contributed by atoms with Gasteiger partial charge < -0.3 is 19.8 Å². The molecule has 2 N–H and O–H groups in total. The number of rotatable bonds is 10. The van der Waals surface area contributed by atoms with Gasteiger partial charge in [-0.1, -0.05) is 58.4 Å². The number of carbonyl (C=O) groups excluding carboxylic acids is 2. The highest BCUT2D eigenvalue weighted by molar-refractivity contribution is 6.74. The second kappa shape index (κ2) is 12.8. The van der Waals surface area contributed by atoms with E-state index in [2.05, 4.69) is 44.5 Å². The van der Waals surface area contributed by atoms with Crippen molar-refractivity contribution in [1.82, 2.24) is 10.6 Å². The number of alkyl carbamates (subject to hydrolysis) is 1. The molecule has 0 heterocycles. The van der Waals surface area contributed by atoms with Gasteiger partial charge in [-0.2, -0.15) is 0 Å². The number of nitrogens with one attached hydrogen (secondary N) is 2. The molecule has 0 aliphatic heterocycles. The van der Waals surface area contributed by atoms with Crippen LogP contribution in [0.3, 0.4) is 0 Å². The van der Waals surface area contributed by atoms with E-state index in [1.54, 1.807) is 27.0 Å². The summed E-state index contributed by atoms with van der Waals surface area (Å²) in [7, 11) is -1.95. The number of allylic oxidation sites excluding steroid dienone is 1. The van der Waals surface area contributed by atoms with Crippen molar-refractivity contribution < 1.29 is 18.8 Å². The van der Waals surface area contributed by atoms with Crippen LogP contribution < -0.4 is 10.6 Å². The minimum atomic E-state index is -1.95. The lowest BCUT2D eigenvalue weighted by Crippen LogP contribution is -2.49. The largest absolute Gasteiger partial charge is 0.444 e. The predicted molar refractivity (Wildman–Crippen MR) is 136 cm³/mol. The quantitative estimate of drug-likeness (QED) is 0.345. The zero-order valence-electron chi connectivity index (χ0n) is 21.9. The number of carbonyl (C=O) groups is 2. The van der Waals surface area contributed by atoms with E-state index >= 15 is 0 Å². The van der Waals surface area contributed by atoms with Crippen molar-refractivity contribution in [3.05, 3.63) is 23.4 Å². The summed E-state index contributed by atoms with van der Waals surface area (Å²) in [6.07, 6.45) is 6.17. The minimum absolute atomic E-state index is 0.0291. The molecule has 186 valence electrons. The Morgan fingerprint density at radius 3 is 2.06 bits per heavy atom. The zero-order valence-corrected chi connectivity index (χ0v) is 23.6. The number of amides is 2. The zero-order chi connectivity index (χ0) is 25.3. The molecule has 0 aromatic rings. The maximum Gasteiger partial charge on any atom is 0.408 e. The van der Waals surface area contributed by atoms with Crippen molar-refractivity contribution in [3.63, 3.8) is 0 Å². The molecule has 0 aliphatic rings. The fourth-order valence-electron chi connectivity index (χ4n) is 2.50. The summed E-state index contributed by atoms with van der Waals surface area (Å²) in [5, 5.41) is 6.26. The summed E-state index contributed by atoms with van der Waals surface area (Å²) in [6.45, 7) is 22.0. The molecule has 0 aromatic heterocycles. The smallest absolute Gasteiger partial charge is 0.408 e. The topological polar surface area (TPSA) is 76.7 Å². The summed E-state index contributed by atoms with van der Waals surface area (Å²) in [5.74, 6) is -0.386. The lowest BCUT2D eigenvalue weighted by molar-refractivity contribution is -0.123. The Labute approximate surface area is 201 Å². The van der Waals surface area contributed by atoms with Crippen LogP contribution in [0.15, 0.2) is 23.4 Å². The van der Waals surface area contributed by atoms with Gasteiger partial charge in [0.25, 0.3) is 0 Å². The van der Waals surface area contributed by atoms with Gasteiger partial charge in [0.15, 0.2) is 8.32 Å². The second-order valence-corrected chi connectivity index (χ2v) is 16.4. The Morgan fingerprint density at radius 2 is 1.62 bits per heavy atom. The van der Waals surface area contributed by atoms with Crippen molar-refractivity contribution in [1.29, 1.82) is 0 Å². The first-order valence-electron chi connectivity index (χ1n) is 11.3. The van der Waals surface area contributed by atoms with Crippen molar-refractivity contribution >= 4 is 31.9 Å². The molecule has 0 aliphatic carbocycles. The molecule has 0 bridgehead atoms. The Bertz CT molecular complexity index is 672. The molecular formula is C24H45ClN2O4Si. The molecule has 0 aromatic carbocycles. The summed E-state index contributed by atoms with van der Waals surface area (Å²) in [5.41, 5.74) is -0.628. The number of hydrogen-bond acceptors (Lipinski definition) is 4. The molecule has 0 rings (SSSR count). The monoisotopic (exact) mass is 488 g/mol. The van der Waals surface area contributed by atoms with Crippen molar-refractivity contribution in [2.24, 2.45) is 5.92 Å². The highest BCUT2D eigenvalue weighted by atomic mass is 35.5. The van der Waals surface area contributed by atoms with E-state index in [0.29, 0.717) is 12.8 Å². The van der Waals surface area contributed by atoms with Crippen molar-refractivity contribution in [3.8, 4) is 0 Å². The first-order valence-corrected chi connectivity index (χ1v) is 14.6. The fourth-order valence-corrected chi connectivity index (χ4v) is 3.97. The highest BCUT2D eigenvalue weighted by Crippen LogP contribution is 2.38. The second-order valence-electron chi connectivity index (χ2n) is 11.0. The van der Waals surface area contributed by atoms with Gasteiger partial charge in [-0.25, -0.2) is 4.79 Å². The van der Waals surface area contributed by atoms with Crippen LogP contribution in [0, 0.1) is 5.92 Å². The molecule has 0 fully saturated rings. The van der Waals surface area contributed by atoms with Crippen molar-refractivity contribution in [2.75, 3.05) is 0 Å². The van der Waals surface area contributed by atoms with E-state index < -0.39 is 26.1 Å². The van der Waals surface area contributed by atoms with Gasteiger partial charge in [-0.3, -0.25) is 4.79 Å². The van der Waals surface area contributed by atoms with E-state index in [1.165, 1.54) is 0 Å². The summed E-state index contributed by atoms with van der Waals surface area (Å²) in [4.78, 5) is 24.7. The molecule has 0 saturated carbocycles. The Hall–Kier alpha value is -1.31. The van der Waals surface area contributed by atoms with Crippen LogP contribution in [0.2, 0.25) is 18.1 Å². The van der Waals surface area contributed by atoms with Crippen LogP contribution in [0.5, 0.6) is 0 Å². The average Bonchev–Trinajstić information content (AvgIpc) is 2.57. The Morgan fingerprint density at radius 1 is 1.06 bits per heavy atom. The molecule has 6 nitrogen and oxygen atoms in total. The molecule has 2 amide bonds. The molecule has 0 saturated heterocycles. The van der Waals surface area contributed by atoms with Gasteiger partial charge in [-0.15, -0.1) is 0 Å². The maximum atomic E-state index is 12.6. The van der Waals surface area contributed by atoms with E-state index in [-0.39, 0.29) is 23.0 Å². The van der Waals surface area contributed by atoms with Crippen LogP contribution in [0.25, 0.3) is 0 Å². The molecule has 2 atom stereocenters. The van der Waals surface area contributed by atoms with E-state index in [4.69, 9.17) is 20.8 Å². The Kier molecular flexibility index (Phi) is 12.3. The standard InChI is InChI=1S/C24H45ClN2O4Si/c1-17(2)20(27-22(29)30-23(4,5)6)21(28)26-16-12-13-19(15-14-18(3)25)31-32(10,11)24(7,8)9/h12,14,16-17,19-20H,13,15H2,1-11H3,(H,26,28)(H,27,29)/b16-12-,18-14+/t19-,20-/m0/s1. The average molecular weight is 489 g/mol. The van der Waals surface area contributed by atoms with Crippen LogP contribution in [-0.4, -0.2) is 38.1 Å². The SMILES string of the molecule is C/C(Cl)=C\C[C@H](C/C=C\NC(=O)[C@@H](NC(=O)OC(C)(C)C)C(C)C)O[Si](C)(C)C(C)(C)C. The lowest BCUT2D eigenvalue weighted by atomic mass is 10.0. The van der Waals surface area contributed by atoms with Gasteiger partial charge in [0.05, 0.1) is 6.10 Å². The summed E-state index contributed by atoms with van der Waals surface area (Å²) in [6, 6.07) is -0.699. The molecule has 8 heteroatoms. The van der Waals surface area contributed by atoms with Crippen LogP contribution in [0.1, 0.15) is 75.2 Å². The minimum Gasteiger partial charge on any atom is -0.444 e. The van der Waals surface area contributed by atoms with Crippen molar-refractivity contribution in [2.45, 2.75) is 111 Å². The van der Waals surface area contributed by atoms with E-state index in [0.717, 1.165) is 5.03 Å². The number of ether oxygens (including phenoxy) is 1. The van der Waals surface area contributed by atoms with Gasteiger partial charge in [0, 0.05) is 5.03 Å². The predicted octanol–water partition coefficient (Wildman–Crippen LogP) is 6.48. The third-order valence-electron chi connectivity index (χ3n) is 5.29. The van der Waals surface area contributed by atoms with Gasteiger partial charge in [-0.05, 0) is 70.8 Å². The molecule has 0 spiro atoms. The molecular weight excluding hydrogens is 444 g/mol. The van der Waals surface area contributed by atoms with E-state index in [1.807, 2.05) is 32.9 Å². The summed E-state index contributed by atoms with van der Waals surface area (Å²) < 4.78 is 11.8. The molecule has 0 unspecified atom stereocenters. The number of halogens is 1. The van der Waals surface area contributed by atoms with Crippen LogP contribution in [0.4, 0.5) is 4.79 Å². The first-order chi connectivity index (χ1) is 14.4. The highest BCUT2D eigenvalue weighted by Gasteiger charge is 2.38. The van der Waals surface area contributed by atoms with Gasteiger partial charge in [0.2, 0.25) is 5.91 Å². The van der Waals surface area contributed by atoms with Gasteiger partial charge in [0.1, 0.15) is 11.6 Å². The third kappa shape index (κ3) is 12.7. The van der Waals surface area contributed by atoms with Gasteiger partial charge >= 0.3 is 6.09 Å². The maximum absolute atomic E-state index is 12.6. The van der Waals surface area contributed by atoms with Crippen LogP contribution >= 0.6 is 11.6 Å². The molecule has 32 heavy (non-hydrogen) atoms. The fraction of sp³-hybridized carbons (Fsp3) is 0.750. The normalized spacial score (nSPS) is 15.6. The number of hydrogen-bond donors (Lipinski definition) is 2. The Balaban J connectivity index is 5.08. The lowest BCUT2D eigenvalue weighted by Gasteiger charge is -2.39. The molecule has 0 radical (unpaired) electrons. The first kappa shape index (κ1) is 30.7. The van der Waals surface area contributed by atoms with Crippen LogP contribution in [-0.2, 0) is 14.0 Å². The van der Waals surface area contributed by atoms with E-state index in [9.17, 15) is 9.59 Å². The third-order valence-corrected chi connectivity index (χ3v) is 9.98.